The number of aromatic nitrogens is 1. The maximum Gasteiger partial charge on any atom is 0.339 e. The standard InChI is InChI=1S/C17H12ClNO3S/c1-22-11-8-6-10(7-9-11)16-14(17(20)21)15(19-23-16)12-4-2-3-5-13(12)18/h2-9H,1H3,(H,20,21). The normalized spacial score (nSPS) is 10.5. The van der Waals surface area contributed by atoms with Gasteiger partial charge in [-0.1, -0.05) is 29.8 Å². The summed E-state index contributed by atoms with van der Waals surface area (Å²) >= 11 is 7.33. The molecular formula is C17H12ClNO3S. The van der Waals surface area contributed by atoms with E-state index < -0.39 is 5.97 Å². The molecule has 0 amide bonds. The van der Waals surface area contributed by atoms with Gasteiger partial charge in [0.05, 0.1) is 17.0 Å². The highest BCUT2D eigenvalue weighted by atomic mass is 35.5. The van der Waals surface area contributed by atoms with Crippen molar-refractivity contribution in [2.45, 2.75) is 0 Å². The van der Waals surface area contributed by atoms with E-state index in [0.717, 1.165) is 17.1 Å². The zero-order chi connectivity index (χ0) is 16.4. The SMILES string of the molecule is COc1ccc(-c2snc(-c3ccccc3Cl)c2C(=O)O)cc1. The molecule has 0 aliphatic rings. The lowest BCUT2D eigenvalue weighted by molar-refractivity contribution is 0.0699. The smallest absolute Gasteiger partial charge is 0.339 e. The van der Waals surface area contributed by atoms with Crippen LogP contribution in [0.5, 0.6) is 5.75 Å². The fourth-order valence-corrected chi connectivity index (χ4v) is 3.38. The minimum absolute atomic E-state index is 0.160. The van der Waals surface area contributed by atoms with Crippen molar-refractivity contribution >= 4 is 29.1 Å². The lowest BCUT2D eigenvalue weighted by Gasteiger charge is -2.05. The molecule has 0 bridgehead atoms. The summed E-state index contributed by atoms with van der Waals surface area (Å²) in [6.07, 6.45) is 0. The maximum absolute atomic E-state index is 11.8. The van der Waals surface area contributed by atoms with Crippen molar-refractivity contribution in [3.63, 3.8) is 0 Å². The van der Waals surface area contributed by atoms with Crippen molar-refractivity contribution in [1.29, 1.82) is 0 Å². The van der Waals surface area contributed by atoms with Crippen molar-refractivity contribution in [3.05, 3.63) is 59.1 Å². The van der Waals surface area contributed by atoms with Crippen LogP contribution in [0.2, 0.25) is 5.02 Å². The van der Waals surface area contributed by atoms with Gasteiger partial charge in [-0.2, -0.15) is 4.37 Å². The molecule has 0 spiro atoms. The molecule has 1 aromatic heterocycles. The molecule has 2 aromatic carbocycles. The predicted octanol–water partition coefficient (Wildman–Crippen LogP) is 4.84. The molecule has 1 N–H and O–H groups in total. The van der Waals surface area contributed by atoms with Gasteiger partial charge in [0, 0.05) is 5.56 Å². The van der Waals surface area contributed by atoms with E-state index in [-0.39, 0.29) is 5.56 Å². The molecule has 0 aliphatic carbocycles. The number of nitrogens with zero attached hydrogens (tertiary/aromatic N) is 1. The fraction of sp³-hybridized carbons (Fsp3) is 0.0588. The first kappa shape index (κ1) is 15.5. The van der Waals surface area contributed by atoms with Gasteiger partial charge in [0.15, 0.2) is 0 Å². The second-order valence-electron chi connectivity index (χ2n) is 4.75. The van der Waals surface area contributed by atoms with Crippen molar-refractivity contribution in [1.82, 2.24) is 4.37 Å². The van der Waals surface area contributed by atoms with Gasteiger partial charge in [-0.3, -0.25) is 0 Å². The number of halogens is 1. The molecule has 1 heterocycles. The van der Waals surface area contributed by atoms with Crippen LogP contribution in [-0.4, -0.2) is 22.6 Å². The molecule has 23 heavy (non-hydrogen) atoms. The van der Waals surface area contributed by atoms with E-state index in [1.807, 2.05) is 12.1 Å². The zero-order valence-electron chi connectivity index (χ0n) is 12.1. The zero-order valence-corrected chi connectivity index (χ0v) is 13.7. The first-order chi connectivity index (χ1) is 11.1. The Morgan fingerprint density at radius 3 is 2.48 bits per heavy atom. The molecule has 116 valence electrons. The molecule has 0 saturated carbocycles. The van der Waals surface area contributed by atoms with Crippen LogP contribution in [0.25, 0.3) is 21.7 Å². The molecule has 0 aliphatic heterocycles. The van der Waals surface area contributed by atoms with E-state index in [1.165, 1.54) is 0 Å². The topological polar surface area (TPSA) is 59.4 Å². The Morgan fingerprint density at radius 2 is 1.87 bits per heavy atom. The second kappa shape index (κ2) is 6.40. The Hall–Kier alpha value is -2.37. The van der Waals surface area contributed by atoms with Crippen molar-refractivity contribution in [2.75, 3.05) is 7.11 Å². The third kappa shape index (κ3) is 2.93. The third-order valence-electron chi connectivity index (χ3n) is 3.39. The molecule has 0 unspecified atom stereocenters. The molecule has 4 nitrogen and oxygen atoms in total. The highest BCUT2D eigenvalue weighted by molar-refractivity contribution is 7.10. The van der Waals surface area contributed by atoms with Gasteiger partial charge in [-0.15, -0.1) is 0 Å². The van der Waals surface area contributed by atoms with Crippen LogP contribution in [0.3, 0.4) is 0 Å². The number of rotatable bonds is 4. The Kier molecular flexibility index (Phi) is 4.32. The lowest BCUT2D eigenvalue weighted by atomic mass is 10.0. The largest absolute Gasteiger partial charge is 0.497 e. The summed E-state index contributed by atoms with van der Waals surface area (Å²) in [4.78, 5) is 12.4. The van der Waals surface area contributed by atoms with E-state index in [1.54, 1.807) is 43.5 Å². The van der Waals surface area contributed by atoms with Crippen LogP contribution in [0.15, 0.2) is 48.5 Å². The number of carboxylic acids is 1. The van der Waals surface area contributed by atoms with Gasteiger partial charge in [0.2, 0.25) is 0 Å². The molecular weight excluding hydrogens is 334 g/mol. The molecule has 0 fully saturated rings. The minimum Gasteiger partial charge on any atom is -0.497 e. The number of carbonyl (C=O) groups is 1. The van der Waals surface area contributed by atoms with Crippen molar-refractivity contribution in [3.8, 4) is 27.4 Å². The number of benzene rings is 2. The minimum atomic E-state index is -1.03. The van der Waals surface area contributed by atoms with E-state index in [2.05, 4.69) is 4.37 Å². The number of methoxy groups -OCH3 is 1. The Balaban J connectivity index is 2.16. The number of hydrogen-bond acceptors (Lipinski definition) is 4. The van der Waals surface area contributed by atoms with E-state index in [4.69, 9.17) is 16.3 Å². The van der Waals surface area contributed by atoms with Crippen LogP contribution < -0.4 is 4.74 Å². The number of aromatic carboxylic acids is 1. The second-order valence-corrected chi connectivity index (χ2v) is 5.93. The summed E-state index contributed by atoms with van der Waals surface area (Å²) in [5.74, 6) is -0.319. The van der Waals surface area contributed by atoms with Gasteiger partial charge in [0.1, 0.15) is 17.0 Å². The first-order valence-corrected chi connectivity index (χ1v) is 7.89. The maximum atomic E-state index is 11.8. The Labute approximate surface area is 142 Å². The van der Waals surface area contributed by atoms with Crippen LogP contribution in [0.4, 0.5) is 0 Å². The number of ether oxygens (including phenoxy) is 1. The van der Waals surface area contributed by atoms with Crippen LogP contribution >= 0.6 is 23.1 Å². The first-order valence-electron chi connectivity index (χ1n) is 6.74. The predicted molar refractivity (Wildman–Crippen MR) is 91.5 cm³/mol. The highest BCUT2D eigenvalue weighted by Gasteiger charge is 2.23. The molecule has 0 atom stereocenters. The summed E-state index contributed by atoms with van der Waals surface area (Å²) in [5.41, 5.74) is 1.94. The van der Waals surface area contributed by atoms with Crippen LogP contribution in [0.1, 0.15) is 10.4 Å². The van der Waals surface area contributed by atoms with Crippen molar-refractivity contribution in [2.24, 2.45) is 0 Å². The van der Waals surface area contributed by atoms with Crippen LogP contribution in [0, 0.1) is 0 Å². The average molecular weight is 346 g/mol. The Morgan fingerprint density at radius 1 is 1.17 bits per heavy atom. The molecule has 6 heteroatoms. The Bertz CT molecular complexity index is 859. The van der Waals surface area contributed by atoms with E-state index in [0.29, 0.717) is 26.9 Å². The third-order valence-corrected chi connectivity index (χ3v) is 4.61. The summed E-state index contributed by atoms with van der Waals surface area (Å²) in [6.45, 7) is 0. The summed E-state index contributed by atoms with van der Waals surface area (Å²) in [7, 11) is 1.58. The van der Waals surface area contributed by atoms with E-state index in [9.17, 15) is 9.90 Å². The molecule has 0 saturated heterocycles. The van der Waals surface area contributed by atoms with Crippen molar-refractivity contribution < 1.29 is 14.6 Å². The quantitative estimate of drug-likeness (QED) is 0.735. The monoisotopic (exact) mass is 345 g/mol. The average Bonchev–Trinajstić information content (AvgIpc) is 3.00. The summed E-state index contributed by atoms with van der Waals surface area (Å²) in [6, 6.07) is 14.3. The lowest BCUT2D eigenvalue weighted by Crippen LogP contribution is -1.99. The molecule has 3 rings (SSSR count). The summed E-state index contributed by atoms with van der Waals surface area (Å²) < 4.78 is 9.46. The molecule has 3 aromatic rings. The fourth-order valence-electron chi connectivity index (χ4n) is 2.27. The number of hydrogen-bond donors (Lipinski definition) is 1. The van der Waals surface area contributed by atoms with Gasteiger partial charge < -0.3 is 9.84 Å². The van der Waals surface area contributed by atoms with Gasteiger partial charge in [-0.25, -0.2) is 4.79 Å². The van der Waals surface area contributed by atoms with E-state index >= 15 is 0 Å². The van der Waals surface area contributed by atoms with Gasteiger partial charge >= 0.3 is 5.97 Å². The highest BCUT2D eigenvalue weighted by Crippen LogP contribution is 2.38. The number of carboxylic acid groups (broad SMARTS) is 1. The van der Waals surface area contributed by atoms with Gasteiger partial charge in [-0.05, 0) is 47.4 Å². The van der Waals surface area contributed by atoms with Crippen LogP contribution in [-0.2, 0) is 0 Å². The van der Waals surface area contributed by atoms with Gasteiger partial charge in [0.25, 0.3) is 0 Å². The molecule has 0 radical (unpaired) electrons. The summed E-state index contributed by atoms with van der Waals surface area (Å²) in [5, 5.41) is 10.1.